The molecule has 0 aliphatic carbocycles. The van der Waals surface area contributed by atoms with Gasteiger partial charge in [0, 0.05) is 37.8 Å². The number of halogens is 1. The molecule has 1 aliphatic heterocycles. The molecule has 0 spiro atoms. The molecule has 1 fully saturated rings. The number of amides is 1. The first-order valence-corrected chi connectivity index (χ1v) is 11.2. The summed E-state index contributed by atoms with van der Waals surface area (Å²) in [5, 5.41) is 17.9. The Kier molecular flexibility index (Phi) is 5.64. The summed E-state index contributed by atoms with van der Waals surface area (Å²) in [4.78, 5) is 13.9. The van der Waals surface area contributed by atoms with Crippen molar-refractivity contribution < 1.29 is 9.18 Å². The van der Waals surface area contributed by atoms with E-state index in [2.05, 4.69) is 16.5 Å². The van der Waals surface area contributed by atoms with Crippen LogP contribution in [-0.2, 0) is 18.9 Å². The van der Waals surface area contributed by atoms with Gasteiger partial charge in [-0.2, -0.15) is 10.4 Å². The van der Waals surface area contributed by atoms with E-state index in [0.717, 1.165) is 59.5 Å². The predicted molar refractivity (Wildman–Crippen MR) is 130 cm³/mol. The Morgan fingerprint density at radius 2 is 2.06 bits per heavy atom. The molecular formula is C26H25FN6O. The maximum absolute atomic E-state index is 14.6. The molecule has 1 atom stereocenters. The van der Waals surface area contributed by atoms with E-state index in [4.69, 9.17) is 5.26 Å². The number of carbonyl (C=O) groups excluding carboxylic acids is 1. The largest absolute Gasteiger partial charge is 0.330 e. The van der Waals surface area contributed by atoms with E-state index in [1.54, 1.807) is 15.6 Å². The molecule has 2 aromatic heterocycles. The second-order valence-electron chi connectivity index (χ2n) is 8.82. The minimum absolute atomic E-state index is 0.00138. The molecule has 0 bridgehead atoms. The van der Waals surface area contributed by atoms with Crippen LogP contribution in [0.2, 0.25) is 0 Å². The Hall–Kier alpha value is -3.96. The number of benzene rings is 2. The number of nitrogens with zero attached hydrogens (tertiary/aromatic N) is 5. The minimum atomic E-state index is -0.566. The number of fused-ring (bicyclic) bond motifs is 1. The standard InChI is InChI=1S/C26H25FN6O/c1-31-15-21-9-19(5-6-24(21)30-31)26-22(18-3-4-20(12-28)23(27)10-18)11-25(32(26)2)33(16-34)14-17-7-8-29-13-17/h3-6,9-11,15-17,29H,7-8,13-14H2,1-2H3/t17-/m1/s1. The van der Waals surface area contributed by atoms with Gasteiger partial charge >= 0.3 is 0 Å². The van der Waals surface area contributed by atoms with Crippen LogP contribution < -0.4 is 10.2 Å². The van der Waals surface area contributed by atoms with Crippen LogP contribution in [0.25, 0.3) is 33.3 Å². The van der Waals surface area contributed by atoms with Crippen LogP contribution in [0, 0.1) is 23.1 Å². The summed E-state index contributed by atoms with van der Waals surface area (Å²) in [5.41, 5.74) is 4.12. The molecule has 1 aliphatic rings. The van der Waals surface area contributed by atoms with Crippen molar-refractivity contribution in [1.29, 1.82) is 5.26 Å². The van der Waals surface area contributed by atoms with Crippen molar-refractivity contribution >= 4 is 23.1 Å². The third-order valence-corrected chi connectivity index (χ3v) is 6.54. The molecular weight excluding hydrogens is 431 g/mol. The number of carbonyl (C=O) groups is 1. The second kappa shape index (κ2) is 8.76. The minimum Gasteiger partial charge on any atom is -0.330 e. The van der Waals surface area contributed by atoms with E-state index in [-0.39, 0.29) is 5.56 Å². The van der Waals surface area contributed by atoms with Crippen molar-refractivity contribution in [1.82, 2.24) is 19.7 Å². The lowest BCUT2D eigenvalue weighted by Crippen LogP contribution is -2.30. The Labute approximate surface area is 197 Å². The normalized spacial score (nSPS) is 15.5. The molecule has 0 saturated carbocycles. The third kappa shape index (κ3) is 3.84. The Morgan fingerprint density at radius 1 is 1.24 bits per heavy atom. The van der Waals surface area contributed by atoms with Gasteiger partial charge in [0.1, 0.15) is 17.7 Å². The van der Waals surface area contributed by atoms with Gasteiger partial charge in [-0.05, 0) is 66.9 Å². The summed E-state index contributed by atoms with van der Waals surface area (Å²) in [7, 11) is 3.80. The zero-order chi connectivity index (χ0) is 23.8. The van der Waals surface area contributed by atoms with E-state index in [1.165, 1.54) is 12.1 Å². The number of nitriles is 1. The van der Waals surface area contributed by atoms with Gasteiger partial charge in [-0.25, -0.2) is 4.39 Å². The summed E-state index contributed by atoms with van der Waals surface area (Å²) in [6.45, 7) is 2.44. The van der Waals surface area contributed by atoms with Gasteiger partial charge in [-0.3, -0.25) is 9.48 Å². The van der Waals surface area contributed by atoms with Crippen LogP contribution in [0.15, 0.2) is 48.7 Å². The van der Waals surface area contributed by atoms with Crippen molar-refractivity contribution in [3.05, 3.63) is 60.0 Å². The summed E-state index contributed by atoms with van der Waals surface area (Å²) in [6, 6.07) is 14.4. The lowest BCUT2D eigenvalue weighted by atomic mass is 9.99. The topological polar surface area (TPSA) is 78.9 Å². The highest BCUT2D eigenvalue weighted by molar-refractivity contribution is 5.92. The van der Waals surface area contributed by atoms with E-state index >= 15 is 0 Å². The Morgan fingerprint density at radius 3 is 2.76 bits per heavy atom. The molecule has 172 valence electrons. The number of aryl methyl sites for hydroxylation is 1. The molecule has 3 heterocycles. The fourth-order valence-corrected chi connectivity index (χ4v) is 4.84. The maximum atomic E-state index is 14.6. The molecule has 8 heteroatoms. The summed E-state index contributed by atoms with van der Waals surface area (Å²) < 4.78 is 18.3. The van der Waals surface area contributed by atoms with Gasteiger partial charge in [0.2, 0.25) is 6.41 Å². The smallest absolute Gasteiger partial charge is 0.215 e. The van der Waals surface area contributed by atoms with Crippen molar-refractivity contribution in [2.24, 2.45) is 20.0 Å². The van der Waals surface area contributed by atoms with Gasteiger partial charge in [-0.1, -0.05) is 12.1 Å². The van der Waals surface area contributed by atoms with Gasteiger partial charge in [0.05, 0.1) is 16.8 Å². The molecule has 7 nitrogen and oxygen atoms in total. The van der Waals surface area contributed by atoms with Crippen LogP contribution in [0.5, 0.6) is 0 Å². The maximum Gasteiger partial charge on any atom is 0.215 e. The number of anilines is 1. The second-order valence-corrected chi connectivity index (χ2v) is 8.82. The quantitative estimate of drug-likeness (QED) is 0.447. The van der Waals surface area contributed by atoms with E-state index in [9.17, 15) is 9.18 Å². The molecule has 0 radical (unpaired) electrons. The highest BCUT2D eigenvalue weighted by Crippen LogP contribution is 2.39. The van der Waals surface area contributed by atoms with Crippen molar-refractivity contribution in [3.63, 3.8) is 0 Å². The van der Waals surface area contributed by atoms with Gasteiger partial charge in [-0.15, -0.1) is 0 Å². The van der Waals surface area contributed by atoms with E-state index in [1.807, 2.05) is 49.1 Å². The molecule has 1 N–H and O–H groups in total. The summed E-state index contributed by atoms with van der Waals surface area (Å²) >= 11 is 0. The number of hydrogen-bond acceptors (Lipinski definition) is 4. The zero-order valence-corrected chi connectivity index (χ0v) is 19.1. The first-order chi connectivity index (χ1) is 16.5. The molecule has 2 aromatic carbocycles. The highest BCUT2D eigenvalue weighted by Gasteiger charge is 2.24. The monoisotopic (exact) mass is 456 g/mol. The van der Waals surface area contributed by atoms with Crippen molar-refractivity contribution in [3.8, 4) is 28.5 Å². The number of rotatable bonds is 6. The van der Waals surface area contributed by atoms with Crippen molar-refractivity contribution in [2.75, 3.05) is 24.5 Å². The molecule has 0 unspecified atom stereocenters. The first kappa shape index (κ1) is 21.9. The van der Waals surface area contributed by atoms with Crippen LogP contribution >= 0.6 is 0 Å². The molecule has 1 saturated heterocycles. The molecule has 5 rings (SSSR count). The summed E-state index contributed by atoms with van der Waals surface area (Å²) in [6.07, 6.45) is 3.84. The average Bonchev–Trinajstić information content (AvgIpc) is 3.55. The lowest BCUT2D eigenvalue weighted by Gasteiger charge is -2.22. The fourth-order valence-electron chi connectivity index (χ4n) is 4.84. The predicted octanol–water partition coefficient (Wildman–Crippen LogP) is 3.83. The third-order valence-electron chi connectivity index (χ3n) is 6.54. The van der Waals surface area contributed by atoms with Crippen molar-refractivity contribution in [2.45, 2.75) is 6.42 Å². The molecule has 34 heavy (non-hydrogen) atoms. The zero-order valence-electron chi connectivity index (χ0n) is 19.1. The van der Waals surface area contributed by atoms with Gasteiger partial charge in [0.25, 0.3) is 0 Å². The van der Waals surface area contributed by atoms with E-state index < -0.39 is 5.82 Å². The average molecular weight is 457 g/mol. The molecule has 1 amide bonds. The van der Waals surface area contributed by atoms with Crippen LogP contribution in [0.1, 0.15) is 12.0 Å². The van der Waals surface area contributed by atoms with E-state index in [0.29, 0.717) is 18.0 Å². The highest BCUT2D eigenvalue weighted by atomic mass is 19.1. The number of hydrogen-bond donors (Lipinski definition) is 1. The van der Waals surface area contributed by atoms with Crippen LogP contribution in [0.4, 0.5) is 10.2 Å². The van der Waals surface area contributed by atoms with Gasteiger partial charge in [0.15, 0.2) is 0 Å². The van der Waals surface area contributed by atoms with Gasteiger partial charge < -0.3 is 14.8 Å². The Bertz CT molecular complexity index is 1420. The van der Waals surface area contributed by atoms with Crippen LogP contribution in [0.3, 0.4) is 0 Å². The Balaban J connectivity index is 1.67. The molecule has 4 aromatic rings. The number of nitrogens with one attached hydrogen (secondary N) is 1. The fraction of sp³-hybridized carbons (Fsp3) is 0.269. The van der Waals surface area contributed by atoms with Crippen LogP contribution in [-0.4, -0.2) is 40.4 Å². The SMILES string of the molecule is Cn1cc2cc(-c3c(-c4ccc(C#N)c(F)c4)cc(N(C=O)C[C@@H]4CCNC4)n3C)ccc2n1. The number of aromatic nitrogens is 3. The lowest BCUT2D eigenvalue weighted by molar-refractivity contribution is -0.107. The summed E-state index contributed by atoms with van der Waals surface area (Å²) in [5.74, 6) is 0.553. The first-order valence-electron chi connectivity index (χ1n) is 11.2.